The Hall–Kier alpha value is -2.97. The van der Waals surface area contributed by atoms with Crippen molar-refractivity contribution in [2.45, 2.75) is 6.92 Å². The van der Waals surface area contributed by atoms with E-state index >= 15 is 0 Å². The van der Waals surface area contributed by atoms with Gasteiger partial charge in [0.05, 0.1) is 6.26 Å². The monoisotopic (exact) mass is 284 g/mol. The van der Waals surface area contributed by atoms with Gasteiger partial charge in [0, 0.05) is 0 Å². The number of rotatable bonds is 2. The van der Waals surface area contributed by atoms with Crippen molar-refractivity contribution in [1.29, 1.82) is 10.5 Å². The lowest BCUT2D eigenvalue weighted by atomic mass is 10.3. The number of aromatic nitrogens is 1. The van der Waals surface area contributed by atoms with E-state index in [0.29, 0.717) is 11.5 Å². The number of hydrogen-bond donors (Lipinski definition) is 1. The van der Waals surface area contributed by atoms with Crippen molar-refractivity contribution in [3.05, 3.63) is 39.4 Å². The molecular formula is C12H8N6OS. The van der Waals surface area contributed by atoms with E-state index in [2.05, 4.69) is 15.2 Å². The van der Waals surface area contributed by atoms with Gasteiger partial charge < -0.3 is 10.2 Å². The average Bonchev–Trinajstić information content (AvgIpc) is 2.98. The maximum absolute atomic E-state index is 8.96. The highest BCUT2D eigenvalue weighted by atomic mass is 32.1. The van der Waals surface area contributed by atoms with E-state index in [1.54, 1.807) is 19.1 Å². The molecule has 0 aliphatic rings. The summed E-state index contributed by atoms with van der Waals surface area (Å²) in [6, 6.07) is 7.22. The highest BCUT2D eigenvalue weighted by Crippen LogP contribution is 2.13. The molecule has 20 heavy (non-hydrogen) atoms. The summed E-state index contributed by atoms with van der Waals surface area (Å²) in [6.45, 7) is 1.73. The molecule has 8 heteroatoms. The fraction of sp³-hybridized carbons (Fsp3) is 0.0833. The first-order valence-corrected chi connectivity index (χ1v) is 6.20. The first kappa shape index (κ1) is 13.5. The predicted molar refractivity (Wildman–Crippen MR) is 72.4 cm³/mol. The molecule has 0 radical (unpaired) electrons. The van der Waals surface area contributed by atoms with Crippen LogP contribution in [0.2, 0.25) is 0 Å². The molecule has 98 valence electrons. The summed E-state index contributed by atoms with van der Waals surface area (Å²) in [4.78, 5) is 4.28. The summed E-state index contributed by atoms with van der Waals surface area (Å²) in [7, 11) is 0. The highest BCUT2D eigenvalue weighted by molar-refractivity contribution is 7.09. The standard InChI is InChI=1S/C12H8N6OS/c1-7(9-3-2-4-19-9)17-18-12-16-11(15)8(5-13)10(6-14)20-12/h2-4H,1H3,(H2,15,16,18)/b17-7-. The Balaban J connectivity index is 2.47. The molecule has 0 fully saturated rings. The van der Waals surface area contributed by atoms with Gasteiger partial charge in [-0.1, -0.05) is 11.3 Å². The summed E-state index contributed by atoms with van der Waals surface area (Å²) >= 11 is 0.948. The van der Waals surface area contributed by atoms with Crippen LogP contribution in [0.1, 0.15) is 23.1 Å². The fourth-order valence-corrected chi connectivity index (χ4v) is 2.03. The molecule has 0 atom stereocenters. The zero-order valence-corrected chi connectivity index (χ0v) is 11.2. The Labute approximate surface area is 117 Å². The number of furan rings is 1. The Bertz CT molecular complexity index is 804. The quantitative estimate of drug-likeness (QED) is 0.659. The van der Waals surface area contributed by atoms with Crippen LogP contribution < -0.4 is 10.5 Å². The first-order chi connectivity index (χ1) is 9.65. The Morgan fingerprint density at radius 2 is 2.25 bits per heavy atom. The van der Waals surface area contributed by atoms with Gasteiger partial charge >= 0.3 is 0 Å². The van der Waals surface area contributed by atoms with Crippen LogP contribution in [0.15, 0.2) is 33.0 Å². The van der Waals surface area contributed by atoms with Crippen LogP contribution in [0.4, 0.5) is 5.82 Å². The molecule has 0 aromatic carbocycles. The third-order valence-corrected chi connectivity index (χ3v) is 3.12. The molecule has 0 saturated carbocycles. The van der Waals surface area contributed by atoms with Crippen LogP contribution in [0.3, 0.4) is 0 Å². The summed E-state index contributed by atoms with van der Waals surface area (Å²) in [5.74, 6) is 0.549. The van der Waals surface area contributed by atoms with Crippen molar-refractivity contribution in [2.75, 3.05) is 5.73 Å². The highest BCUT2D eigenvalue weighted by Gasteiger charge is 2.08. The number of nitrogens with zero attached hydrogens (tertiary/aromatic N) is 5. The molecule has 2 aromatic heterocycles. The minimum Gasteiger partial charge on any atom is -0.463 e. The molecule has 0 saturated heterocycles. The van der Waals surface area contributed by atoms with Crippen molar-refractivity contribution in [2.24, 2.45) is 10.2 Å². The molecule has 0 spiro atoms. The molecule has 0 amide bonds. The molecule has 0 aliphatic heterocycles. The average molecular weight is 284 g/mol. The van der Waals surface area contributed by atoms with Gasteiger partial charge in [0.2, 0.25) is 4.80 Å². The summed E-state index contributed by atoms with van der Waals surface area (Å²) in [6.07, 6.45) is 1.53. The first-order valence-electron chi connectivity index (χ1n) is 5.38. The maximum atomic E-state index is 8.96. The van der Waals surface area contributed by atoms with Crippen molar-refractivity contribution in [3.8, 4) is 12.1 Å². The Kier molecular flexibility index (Phi) is 3.89. The molecule has 0 unspecified atom stereocenters. The van der Waals surface area contributed by atoms with Crippen molar-refractivity contribution < 1.29 is 4.42 Å². The van der Waals surface area contributed by atoms with E-state index in [9.17, 15) is 0 Å². The smallest absolute Gasteiger partial charge is 0.233 e. The SMILES string of the molecule is C/C(=N/N=c1/nc(N)c(C#N)c(C#N)s1)c1ccco1. The topological polar surface area (TPSA) is 124 Å². The van der Waals surface area contributed by atoms with Gasteiger partial charge in [-0.15, -0.1) is 10.2 Å². The van der Waals surface area contributed by atoms with Gasteiger partial charge in [-0.25, -0.2) is 0 Å². The lowest BCUT2D eigenvalue weighted by molar-refractivity contribution is 0.557. The molecular weight excluding hydrogens is 276 g/mol. The lowest BCUT2D eigenvalue weighted by Crippen LogP contribution is -2.10. The van der Waals surface area contributed by atoms with Gasteiger partial charge in [-0.2, -0.15) is 15.5 Å². The van der Waals surface area contributed by atoms with Crippen LogP contribution in [0.5, 0.6) is 0 Å². The third kappa shape index (κ3) is 2.71. The number of nitrogens with two attached hydrogens (primary N) is 1. The maximum Gasteiger partial charge on any atom is 0.233 e. The van der Waals surface area contributed by atoms with Crippen LogP contribution in [0, 0.1) is 22.7 Å². The van der Waals surface area contributed by atoms with Crippen LogP contribution in [-0.4, -0.2) is 10.7 Å². The third-order valence-electron chi connectivity index (χ3n) is 2.27. The molecule has 0 bridgehead atoms. The summed E-state index contributed by atoms with van der Waals surface area (Å²) < 4.78 is 5.16. The number of nitriles is 2. The van der Waals surface area contributed by atoms with E-state index in [1.165, 1.54) is 6.26 Å². The molecule has 0 aliphatic carbocycles. The predicted octanol–water partition coefficient (Wildman–Crippen LogP) is 1.39. The van der Waals surface area contributed by atoms with E-state index in [0.717, 1.165) is 11.3 Å². The van der Waals surface area contributed by atoms with E-state index in [1.807, 2.05) is 12.1 Å². The zero-order valence-electron chi connectivity index (χ0n) is 10.4. The van der Waals surface area contributed by atoms with Gasteiger partial charge in [-0.3, -0.25) is 0 Å². The largest absolute Gasteiger partial charge is 0.463 e. The molecule has 2 rings (SSSR count). The molecule has 2 aromatic rings. The lowest BCUT2D eigenvalue weighted by Gasteiger charge is -1.96. The fourth-order valence-electron chi connectivity index (χ4n) is 1.32. The number of hydrogen-bond acceptors (Lipinski definition) is 8. The molecule has 2 N–H and O–H groups in total. The Morgan fingerprint density at radius 3 is 2.85 bits per heavy atom. The van der Waals surface area contributed by atoms with Gasteiger partial charge in [-0.05, 0) is 19.1 Å². The second-order valence-corrected chi connectivity index (χ2v) is 4.55. The van der Waals surface area contributed by atoms with Gasteiger partial charge in [0.15, 0.2) is 0 Å². The van der Waals surface area contributed by atoms with Gasteiger partial charge in [0.25, 0.3) is 0 Å². The summed E-state index contributed by atoms with van der Waals surface area (Å²) in [5.41, 5.74) is 6.22. The normalized spacial score (nSPS) is 11.9. The summed E-state index contributed by atoms with van der Waals surface area (Å²) in [5, 5.41) is 25.7. The van der Waals surface area contributed by atoms with Crippen LogP contribution in [-0.2, 0) is 0 Å². The molecule has 2 heterocycles. The van der Waals surface area contributed by atoms with Crippen LogP contribution in [0.25, 0.3) is 0 Å². The van der Waals surface area contributed by atoms with Crippen LogP contribution >= 0.6 is 11.3 Å². The second-order valence-electron chi connectivity index (χ2n) is 3.57. The zero-order chi connectivity index (χ0) is 14.5. The van der Waals surface area contributed by atoms with E-state index in [-0.39, 0.29) is 21.1 Å². The number of anilines is 1. The van der Waals surface area contributed by atoms with Crippen molar-refractivity contribution >= 4 is 22.9 Å². The number of nitrogen functional groups attached to an aromatic ring is 1. The van der Waals surface area contributed by atoms with E-state index < -0.39 is 0 Å². The molecule has 7 nitrogen and oxygen atoms in total. The minimum absolute atomic E-state index is 0.0348. The van der Waals surface area contributed by atoms with Gasteiger partial charge in [0.1, 0.15) is 39.9 Å². The van der Waals surface area contributed by atoms with Crippen molar-refractivity contribution in [3.63, 3.8) is 0 Å². The second kappa shape index (κ2) is 5.78. The Morgan fingerprint density at radius 1 is 1.45 bits per heavy atom. The minimum atomic E-state index is -0.0348. The van der Waals surface area contributed by atoms with Crippen molar-refractivity contribution in [1.82, 2.24) is 4.98 Å². The van der Waals surface area contributed by atoms with E-state index in [4.69, 9.17) is 20.7 Å².